The molecule has 0 saturated carbocycles. The number of benzene rings is 1. The molecule has 1 saturated heterocycles. The number of rotatable bonds is 5. The molecular weight excluding hydrogens is 346 g/mol. The first-order valence-electron chi connectivity index (χ1n) is 9.10. The summed E-state index contributed by atoms with van der Waals surface area (Å²) in [4.78, 5) is 18.4. The van der Waals surface area contributed by atoms with E-state index in [0.717, 1.165) is 50.5 Å². The molecule has 3 rings (SSSR count). The molecule has 1 aromatic heterocycles. The lowest BCUT2D eigenvalue weighted by Crippen LogP contribution is -2.42. The SMILES string of the molecule is COc1cccc(C(C)NC(=O)N2CCCN(Cc3cccs3)CC2)c1. The lowest BCUT2D eigenvalue weighted by atomic mass is 10.1. The van der Waals surface area contributed by atoms with Crippen LogP contribution in [0.2, 0.25) is 0 Å². The van der Waals surface area contributed by atoms with Gasteiger partial charge in [-0.25, -0.2) is 4.79 Å². The predicted molar refractivity (Wildman–Crippen MR) is 106 cm³/mol. The first kappa shape index (κ1) is 18.7. The number of amides is 2. The summed E-state index contributed by atoms with van der Waals surface area (Å²) in [5.41, 5.74) is 1.05. The zero-order chi connectivity index (χ0) is 18.4. The topological polar surface area (TPSA) is 44.8 Å². The van der Waals surface area contributed by atoms with Crippen molar-refractivity contribution in [1.29, 1.82) is 0 Å². The molecule has 2 heterocycles. The maximum absolute atomic E-state index is 12.7. The molecule has 1 aliphatic rings. The normalized spacial score (nSPS) is 16.8. The number of carbonyl (C=O) groups is 1. The monoisotopic (exact) mass is 373 g/mol. The molecule has 0 radical (unpaired) electrons. The predicted octanol–water partition coefficient (Wildman–Crippen LogP) is 3.74. The van der Waals surface area contributed by atoms with Gasteiger partial charge in [-0.1, -0.05) is 18.2 Å². The van der Waals surface area contributed by atoms with Gasteiger partial charge in [-0.2, -0.15) is 0 Å². The van der Waals surface area contributed by atoms with E-state index in [1.807, 2.05) is 36.1 Å². The minimum absolute atomic E-state index is 0.0123. The molecule has 1 atom stereocenters. The second-order valence-corrected chi connectivity index (χ2v) is 7.68. The lowest BCUT2D eigenvalue weighted by Gasteiger charge is -2.24. The Hall–Kier alpha value is -2.05. The number of urea groups is 1. The molecule has 1 aromatic carbocycles. The number of nitrogens with zero attached hydrogens (tertiary/aromatic N) is 2. The lowest BCUT2D eigenvalue weighted by molar-refractivity contribution is 0.194. The Labute approximate surface area is 159 Å². The quantitative estimate of drug-likeness (QED) is 0.868. The largest absolute Gasteiger partial charge is 0.497 e. The van der Waals surface area contributed by atoms with Gasteiger partial charge >= 0.3 is 6.03 Å². The Kier molecular flexibility index (Phi) is 6.52. The van der Waals surface area contributed by atoms with Crippen LogP contribution in [0.15, 0.2) is 41.8 Å². The maximum atomic E-state index is 12.7. The van der Waals surface area contributed by atoms with Gasteiger partial charge in [0.1, 0.15) is 5.75 Å². The van der Waals surface area contributed by atoms with Crippen LogP contribution < -0.4 is 10.1 Å². The van der Waals surface area contributed by atoms with Crippen LogP contribution in [-0.2, 0) is 6.54 Å². The maximum Gasteiger partial charge on any atom is 0.317 e. The van der Waals surface area contributed by atoms with Crippen molar-refractivity contribution in [2.75, 3.05) is 33.3 Å². The minimum Gasteiger partial charge on any atom is -0.497 e. The summed E-state index contributed by atoms with van der Waals surface area (Å²) in [6.45, 7) is 6.51. The van der Waals surface area contributed by atoms with Crippen LogP contribution in [0.5, 0.6) is 5.75 Å². The van der Waals surface area contributed by atoms with Crippen LogP contribution in [-0.4, -0.2) is 49.1 Å². The standard InChI is InChI=1S/C20H27N3O2S/c1-16(17-6-3-7-18(14-17)25-2)21-20(24)23-10-5-9-22(11-12-23)15-19-8-4-13-26-19/h3-4,6-8,13-14,16H,5,9-12,15H2,1-2H3,(H,21,24). The molecule has 1 aliphatic heterocycles. The van der Waals surface area contributed by atoms with E-state index < -0.39 is 0 Å². The highest BCUT2D eigenvalue weighted by molar-refractivity contribution is 7.09. The molecule has 5 nitrogen and oxygen atoms in total. The fourth-order valence-corrected chi connectivity index (χ4v) is 3.97. The van der Waals surface area contributed by atoms with Crippen LogP contribution in [0.1, 0.15) is 29.8 Å². The zero-order valence-electron chi connectivity index (χ0n) is 15.5. The molecule has 1 N–H and O–H groups in total. The van der Waals surface area contributed by atoms with Gasteiger partial charge in [0, 0.05) is 37.6 Å². The molecule has 1 fully saturated rings. The molecule has 6 heteroatoms. The molecular formula is C20H27N3O2S. The summed E-state index contributed by atoms with van der Waals surface area (Å²) in [5, 5.41) is 5.24. The van der Waals surface area contributed by atoms with E-state index in [2.05, 4.69) is 27.7 Å². The minimum atomic E-state index is -0.0527. The smallest absolute Gasteiger partial charge is 0.317 e. The average molecular weight is 374 g/mol. The van der Waals surface area contributed by atoms with Crippen molar-refractivity contribution in [3.8, 4) is 5.75 Å². The highest BCUT2D eigenvalue weighted by Crippen LogP contribution is 2.19. The molecule has 0 aliphatic carbocycles. The molecule has 0 spiro atoms. The number of hydrogen-bond acceptors (Lipinski definition) is 4. The second-order valence-electron chi connectivity index (χ2n) is 6.64. The number of carbonyl (C=O) groups excluding carboxylic acids is 1. The Morgan fingerprint density at radius 3 is 2.88 bits per heavy atom. The van der Waals surface area contributed by atoms with Crippen molar-refractivity contribution in [3.05, 3.63) is 52.2 Å². The Morgan fingerprint density at radius 1 is 1.23 bits per heavy atom. The van der Waals surface area contributed by atoms with E-state index in [0.29, 0.717) is 0 Å². The van der Waals surface area contributed by atoms with Crippen molar-refractivity contribution in [1.82, 2.24) is 15.1 Å². The number of nitrogens with one attached hydrogen (secondary N) is 1. The number of ether oxygens (including phenoxy) is 1. The van der Waals surface area contributed by atoms with E-state index in [1.165, 1.54) is 4.88 Å². The van der Waals surface area contributed by atoms with Crippen molar-refractivity contribution in [3.63, 3.8) is 0 Å². The molecule has 140 valence electrons. The highest BCUT2D eigenvalue weighted by atomic mass is 32.1. The van der Waals surface area contributed by atoms with E-state index in [1.54, 1.807) is 18.4 Å². The van der Waals surface area contributed by atoms with E-state index in [-0.39, 0.29) is 12.1 Å². The van der Waals surface area contributed by atoms with E-state index in [9.17, 15) is 4.79 Å². The van der Waals surface area contributed by atoms with E-state index in [4.69, 9.17) is 4.74 Å². The third-order valence-electron chi connectivity index (χ3n) is 4.77. The van der Waals surface area contributed by atoms with Gasteiger partial charge < -0.3 is 15.0 Å². The number of methoxy groups -OCH3 is 1. The third-order valence-corrected chi connectivity index (χ3v) is 5.63. The summed E-state index contributed by atoms with van der Waals surface area (Å²) < 4.78 is 5.27. The second kappa shape index (κ2) is 9.05. The summed E-state index contributed by atoms with van der Waals surface area (Å²) in [6.07, 6.45) is 1.01. The first-order valence-corrected chi connectivity index (χ1v) is 9.98. The van der Waals surface area contributed by atoms with Crippen molar-refractivity contribution < 1.29 is 9.53 Å². The summed E-state index contributed by atoms with van der Waals surface area (Å²) in [7, 11) is 1.65. The van der Waals surface area contributed by atoms with Crippen molar-refractivity contribution in [2.45, 2.75) is 25.9 Å². The van der Waals surface area contributed by atoms with Crippen LogP contribution in [0.3, 0.4) is 0 Å². The highest BCUT2D eigenvalue weighted by Gasteiger charge is 2.21. The van der Waals surface area contributed by atoms with Gasteiger partial charge in [-0.3, -0.25) is 4.90 Å². The fourth-order valence-electron chi connectivity index (χ4n) is 3.23. The fraction of sp³-hybridized carbons (Fsp3) is 0.450. The van der Waals surface area contributed by atoms with Crippen LogP contribution >= 0.6 is 11.3 Å². The summed E-state index contributed by atoms with van der Waals surface area (Å²) >= 11 is 1.79. The molecule has 0 bridgehead atoms. The van der Waals surface area contributed by atoms with Crippen LogP contribution in [0.4, 0.5) is 4.79 Å². The average Bonchev–Trinajstić information content (AvgIpc) is 3.05. The molecule has 2 aromatic rings. The van der Waals surface area contributed by atoms with Crippen molar-refractivity contribution >= 4 is 17.4 Å². The molecule has 1 unspecified atom stereocenters. The Bertz CT molecular complexity index is 705. The molecule has 26 heavy (non-hydrogen) atoms. The van der Waals surface area contributed by atoms with Gasteiger partial charge in [-0.15, -0.1) is 11.3 Å². The third kappa shape index (κ3) is 4.99. The first-order chi connectivity index (χ1) is 12.7. The van der Waals surface area contributed by atoms with Gasteiger partial charge in [-0.05, 0) is 42.5 Å². The van der Waals surface area contributed by atoms with Crippen molar-refractivity contribution in [2.24, 2.45) is 0 Å². The van der Waals surface area contributed by atoms with Gasteiger partial charge in [0.15, 0.2) is 0 Å². The van der Waals surface area contributed by atoms with Crippen LogP contribution in [0.25, 0.3) is 0 Å². The number of hydrogen-bond donors (Lipinski definition) is 1. The van der Waals surface area contributed by atoms with Gasteiger partial charge in [0.25, 0.3) is 0 Å². The van der Waals surface area contributed by atoms with Crippen LogP contribution in [0, 0.1) is 0 Å². The van der Waals surface area contributed by atoms with E-state index >= 15 is 0 Å². The van der Waals surface area contributed by atoms with Gasteiger partial charge in [0.05, 0.1) is 13.2 Å². The summed E-state index contributed by atoms with van der Waals surface area (Å²) in [5.74, 6) is 0.808. The Balaban J connectivity index is 1.52. The molecule has 2 amide bonds. The van der Waals surface area contributed by atoms with Gasteiger partial charge in [0.2, 0.25) is 0 Å². The zero-order valence-corrected chi connectivity index (χ0v) is 16.3. The number of thiophene rings is 1. The summed E-state index contributed by atoms with van der Waals surface area (Å²) in [6, 6.07) is 12.1. The Morgan fingerprint density at radius 2 is 2.12 bits per heavy atom.